The molecule has 3 aromatic carbocycles. The summed E-state index contributed by atoms with van der Waals surface area (Å²) in [6.45, 7) is -0.511. The van der Waals surface area contributed by atoms with Gasteiger partial charge in [0.2, 0.25) is 11.2 Å². The Morgan fingerprint density at radius 1 is 1.00 bits per heavy atom. The van der Waals surface area contributed by atoms with Gasteiger partial charge >= 0.3 is 6.18 Å². The lowest BCUT2D eigenvalue weighted by atomic mass is 10.2. The summed E-state index contributed by atoms with van der Waals surface area (Å²) < 4.78 is 62.0. The van der Waals surface area contributed by atoms with E-state index in [1.165, 1.54) is 49.6 Å². The summed E-state index contributed by atoms with van der Waals surface area (Å²) in [7, 11) is 1.43. The van der Waals surface area contributed by atoms with E-state index in [1.807, 2.05) is 0 Å². The minimum Gasteiger partial charge on any atom is -0.497 e. The average Bonchev–Trinajstić information content (AvgIpc) is 2.86. The molecule has 192 valence electrons. The van der Waals surface area contributed by atoms with Crippen molar-refractivity contribution in [2.45, 2.75) is 6.18 Å². The van der Waals surface area contributed by atoms with Crippen LogP contribution in [0.25, 0.3) is 11.0 Å². The lowest BCUT2D eigenvalue weighted by molar-refractivity contribution is -0.154. The summed E-state index contributed by atoms with van der Waals surface area (Å²) >= 11 is 11.9. The maximum absolute atomic E-state index is 13.8. The fourth-order valence-corrected chi connectivity index (χ4v) is 3.57. The molecule has 0 saturated heterocycles. The third-order valence-electron chi connectivity index (χ3n) is 4.95. The molecular weight excluding hydrogens is 538 g/mol. The van der Waals surface area contributed by atoms with Gasteiger partial charge in [-0.05, 0) is 48.5 Å². The van der Waals surface area contributed by atoms with Crippen molar-refractivity contribution in [2.75, 3.05) is 19.0 Å². The topological polar surface area (TPSA) is 87.0 Å². The van der Waals surface area contributed by atoms with Crippen molar-refractivity contribution in [3.8, 4) is 23.0 Å². The first kappa shape index (κ1) is 26.2. The number of hydrogen-bond donors (Lipinski definition) is 1. The molecule has 0 radical (unpaired) electrons. The molecule has 0 bridgehead atoms. The first-order chi connectivity index (χ1) is 17.6. The molecule has 0 fully saturated rings. The van der Waals surface area contributed by atoms with Gasteiger partial charge in [0.15, 0.2) is 6.61 Å². The van der Waals surface area contributed by atoms with E-state index in [0.29, 0.717) is 5.75 Å². The molecule has 4 aromatic rings. The van der Waals surface area contributed by atoms with E-state index >= 15 is 0 Å². The summed E-state index contributed by atoms with van der Waals surface area (Å²) in [6.07, 6.45) is -5.04. The normalized spacial score (nSPS) is 11.3. The Labute approximate surface area is 217 Å². The largest absolute Gasteiger partial charge is 0.497 e. The second-order valence-corrected chi connectivity index (χ2v) is 8.25. The van der Waals surface area contributed by atoms with E-state index in [2.05, 4.69) is 5.32 Å². The molecule has 7 nitrogen and oxygen atoms in total. The van der Waals surface area contributed by atoms with Gasteiger partial charge in [0.25, 0.3) is 11.7 Å². The highest BCUT2D eigenvalue weighted by molar-refractivity contribution is 6.44. The van der Waals surface area contributed by atoms with Gasteiger partial charge in [-0.25, -0.2) is 0 Å². The zero-order valence-corrected chi connectivity index (χ0v) is 20.3. The lowest BCUT2D eigenvalue weighted by Gasteiger charge is -2.14. The summed E-state index contributed by atoms with van der Waals surface area (Å²) in [5.41, 5.74) is -1.19. The molecule has 0 aliphatic rings. The molecule has 1 heterocycles. The van der Waals surface area contributed by atoms with E-state index in [1.54, 1.807) is 12.1 Å². The van der Waals surface area contributed by atoms with Crippen LogP contribution in [0.4, 0.5) is 18.9 Å². The van der Waals surface area contributed by atoms with Gasteiger partial charge in [-0.2, -0.15) is 13.2 Å². The summed E-state index contributed by atoms with van der Waals surface area (Å²) in [4.78, 5) is 25.2. The summed E-state index contributed by atoms with van der Waals surface area (Å²) in [6, 6.07) is 13.9. The van der Waals surface area contributed by atoms with Gasteiger partial charge < -0.3 is 23.9 Å². The third-order valence-corrected chi connectivity index (χ3v) is 5.77. The Hall–Kier alpha value is -3.89. The van der Waals surface area contributed by atoms with E-state index < -0.39 is 41.2 Å². The van der Waals surface area contributed by atoms with Gasteiger partial charge in [0.05, 0.1) is 28.2 Å². The van der Waals surface area contributed by atoms with E-state index in [-0.39, 0.29) is 32.6 Å². The number of hydrogen-bond acceptors (Lipinski definition) is 6. The average molecular weight is 554 g/mol. The smallest absolute Gasteiger partial charge is 0.453 e. The molecule has 12 heteroatoms. The van der Waals surface area contributed by atoms with Crippen molar-refractivity contribution in [1.29, 1.82) is 0 Å². The number of halogens is 5. The van der Waals surface area contributed by atoms with Crippen LogP contribution in [0.5, 0.6) is 23.0 Å². The molecule has 0 aliphatic heterocycles. The highest BCUT2D eigenvalue weighted by Crippen LogP contribution is 2.39. The van der Waals surface area contributed by atoms with Gasteiger partial charge in [-0.1, -0.05) is 29.3 Å². The minimum absolute atomic E-state index is 0.0139. The quantitative estimate of drug-likeness (QED) is 0.267. The second kappa shape index (κ2) is 10.6. The van der Waals surface area contributed by atoms with Crippen molar-refractivity contribution >= 4 is 45.8 Å². The predicted molar refractivity (Wildman–Crippen MR) is 131 cm³/mol. The Kier molecular flexibility index (Phi) is 7.51. The van der Waals surface area contributed by atoms with Crippen LogP contribution in [-0.2, 0) is 11.0 Å². The van der Waals surface area contributed by atoms with E-state index in [0.717, 1.165) is 6.07 Å². The Balaban J connectivity index is 1.59. The van der Waals surface area contributed by atoms with Gasteiger partial charge in [0.1, 0.15) is 22.8 Å². The molecule has 1 N–H and O–H groups in total. The van der Waals surface area contributed by atoms with Crippen molar-refractivity contribution in [2.24, 2.45) is 0 Å². The number of benzene rings is 3. The maximum Gasteiger partial charge on any atom is 0.453 e. The number of carbonyl (C=O) groups excluding carboxylic acids is 1. The van der Waals surface area contributed by atoms with Crippen molar-refractivity contribution in [3.63, 3.8) is 0 Å². The van der Waals surface area contributed by atoms with Crippen LogP contribution < -0.4 is 25.0 Å². The van der Waals surface area contributed by atoms with Crippen LogP contribution in [0, 0.1) is 0 Å². The molecule has 0 saturated carbocycles. The molecule has 37 heavy (non-hydrogen) atoms. The number of ether oxygens (including phenoxy) is 3. The van der Waals surface area contributed by atoms with Crippen LogP contribution in [0.3, 0.4) is 0 Å². The molecule has 4 rings (SSSR count). The number of anilines is 1. The van der Waals surface area contributed by atoms with Crippen molar-refractivity contribution in [3.05, 3.63) is 86.7 Å². The number of methoxy groups -OCH3 is 1. The van der Waals surface area contributed by atoms with Crippen molar-refractivity contribution in [1.82, 2.24) is 0 Å². The zero-order valence-electron chi connectivity index (χ0n) is 18.8. The highest BCUT2D eigenvalue weighted by atomic mass is 35.5. The number of rotatable bonds is 7. The number of nitrogens with one attached hydrogen (secondary N) is 1. The third kappa shape index (κ3) is 5.92. The van der Waals surface area contributed by atoms with Gasteiger partial charge in [0, 0.05) is 6.07 Å². The Bertz CT molecular complexity index is 1520. The van der Waals surface area contributed by atoms with Gasteiger partial charge in [-0.15, -0.1) is 0 Å². The minimum atomic E-state index is -5.04. The monoisotopic (exact) mass is 553 g/mol. The standard InChI is InChI=1S/C25H16Cl2F3NO6/c1-34-13-5-7-14(8-6-13)36-23-22(33)16-10-9-15(11-19(16)37-24(23)25(28,29)30)35-12-20(32)31-18-4-2-3-17(26)21(18)27/h2-11H,12H2,1H3,(H,31,32). The SMILES string of the molecule is COc1ccc(Oc2c(C(F)(F)F)oc3cc(OCC(=O)Nc4cccc(Cl)c4Cl)ccc3c2=O)cc1. The molecule has 0 atom stereocenters. The van der Waals surface area contributed by atoms with Crippen LogP contribution in [-0.4, -0.2) is 19.6 Å². The Morgan fingerprint density at radius 2 is 1.68 bits per heavy atom. The highest BCUT2D eigenvalue weighted by Gasteiger charge is 2.40. The predicted octanol–water partition coefficient (Wildman–Crippen LogP) is 6.94. The second-order valence-electron chi connectivity index (χ2n) is 7.46. The van der Waals surface area contributed by atoms with Crippen LogP contribution in [0.1, 0.15) is 5.76 Å². The molecule has 0 unspecified atom stereocenters. The van der Waals surface area contributed by atoms with Crippen LogP contribution >= 0.6 is 23.2 Å². The van der Waals surface area contributed by atoms with Gasteiger partial charge in [-0.3, -0.25) is 9.59 Å². The van der Waals surface area contributed by atoms with Crippen LogP contribution in [0.15, 0.2) is 69.9 Å². The first-order valence-electron chi connectivity index (χ1n) is 10.4. The molecule has 0 aliphatic carbocycles. The van der Waals surface area contributed by atoms with E-state index in [9.17, 15) is 22.8 Å². The number of amides is 1. The molecular formula is C25H16Cl2F3NO6. The zero-order chi connectivity index (χ0) is 26.7. The first-order valence-corrected chi connectivity index (χ1v) is 11.2. The summed E-state index contributed by atoms with van der Waals surface area (Å²) in [5, 5.41) is 2.70. The number of alkyl halides is 3. The summed E-state index contributed by atoms with van der Waals surface area (Å²) in [5.74, 6) is -2.83. The maximum atomic E-state index is 13.8. The fourth-order valence-electron chi connectivity index (χ4n) is 3.22. The van der Waals surface area contributed by atoms with Crippen molar-refractivity contribution < 1.29 is 36.6 Å². The lowest BCUT2D eigenvalue weighted by Crippen LogP contribution is -2.20. The fraction of sp³-hybridized carbons (Fsp3) is 0.120. The van der Waals surface area contributed by atoms with Crippen LogP contribution in [0.2, 0.25) is 10.0 Å². The number of fused-ring (bicyclic) bond motifs is 1. The molecule has 0 spiro atoms. The molecule has 1 aromatic heterocycles. The molecule has 1 amide bonds. The number of carbonyl (C=O) groups is 1. The van der Waals surface area contributed by atoms with E-state index in [4.69, 9.17) is 41.8 Å². The Morgan fingerprint density at radius 3 is 2.35 bits per heavy atom.